The van der Waals surface area contributed by atoms with Crippen molar-refractivity contribution in [3.05, 3.63) is 0 Å². The topological polar surface area (TPSA) is 21.6 Å². The number of nitrogens with zero attached hydrogens (tertiary/aromatic N) is 1. The molecule has 0 saturated heterocycles. The van der Waals surface area contributed by atoms with Crippen molar-refractivity contribution in [2.75, 3.05) is 7.11 Å². The molecule has 0 saturated carbocycles. The summed E-state index contributed by atoms with van der Waals surface area (Å²) in [7, 11) is 1.45. The van der Waals surface area contributed by atoms with Gasteiger partial charge in [-0.1, -0.05) is 17.8 Å². The summed E-state index contributed by atoms with van der Waals surface area (Å²) in [6.07, 6.45) is 0. The van der Waals surface area contributed by atoms with Gasteiger partial charge in [-0.05, 0) is 0 Å². The van der Waals surface area contributed by atoms with Crippen LogP contribution in [0, 0.1) is 0 Å². The summed E-state index contributed by atoms with van der Waals surface area (Å²) in [5.41, 5.74) is 1.17. The van der Waals surface area contributed by atoms with Gasteiger partial charge in [0.25, 0.3) is 0 Å². The number of hydrogen-bond donors (Lipinski definition) is 0. The summed E-state index contributed by atoms with van der Waals surface area (Å²) in [6, 6.07) is 0. The van der Waals surface area contributed by atoms with Crippen molar-refractivity contribution in [1.82, 2.24) is 0 Å². The molecule has 29 valence electrons. The lowest BCUT2D eigenvalue weighted by atomic mass is 11.7. The monoisotopic (exact) mass is 90.0 g/mol. The van der Waals surface area contributed by atoms with Crippen LogP contribution < -0.4 is 0 Å². The Hall–Kier alpha value is -0.310. The smallest absolute Gasteiger partial charge is 0.129 e. The lowest BCUT2D eigenvalue weighted by Crippen LogP contribution is -1.60. The van der Waals surface area contributed by atoms with Crippen LogP contribution in [0.1, 0.15) is 0 Å². The first-order valence-electron chi connectivity index (χ1n) is 1.08. The van der Waals surface area contributed by atoms with Gasteiger partial charge in [-0.3, -0.25) is 0 Å². The largest absolute Gasteiger partial charge is 0.398 e. The van der Waals surface area contributed by atoms with Crippen molar-refractivity contribution < 1.29 is 4.84 Å². The molecule has 0 fully saturated rings. The van der Waals surface area contributed by atoms with E-state index in [-0.39, 0.29) is 0 Å². The molecule has 0 aromatic rings. The Kier molecular flexibility index (Phi) is 3.46. The van der Waals surface area contributed by atoms with Crippen molar-refractivity contribution in [3.8, 4) is 0 Å². The molecule has 0 amide bonds. The molecule has 0 bridgehead atoms. The van der Waals surface area contributed by atoms with Gasteiger partial charge in [0, 0.05) is 0 Å². The highest BCUT2D eigenvalue weighted by atomic mass is 32.1. The van der Waals surface area contributed by atoms with Crippen LogP contribution in [0.5, 0.6) is 0 Å². The van der Waals surface area contributed by atoms with E-state index >= 15 is 0 Å². The molecule has 2 nitrogen and oxygen atoms in total. The molecule has 0 aliphatic heterocycles. The van der Waals surface area contributed by atoms with Crippen LogP contribution >= 0.6 is 12.6 Å². The van der Waals surface area contributed by atoms with E-state index in [4.69, 9.17) is 0 Å². The zero-order valence-electron chi connectivity index (χ0n) is 2.84. The zero-order chi connectivity index (χ0) is 4.12. The zero-order valence-corrected chi connectivity index (χ0v) is 3.66. The van der Waals surface area contributed by atoms with Gasteiger partial charge in [-0.15, -0.1) is 0 Å². The van der Waals surface area contributed by atoms with Crippen LogP contribution in [-0.2, 0) is 4.84 Å². The Morgan fingerprint density at radius 3 is 2.60 bits per heavy atom. The van der Waals surface area contributed by atoms with Crippen LogP contribution in [0.3, 0.4) is 0 Å². The second-order valence-corrected chi connectivity index (χ2v) is 0.604. The first-order chi connectivity index (χ1) is 2.41. The molecule has 3 heteroatoms. The van der Waals surface area contributed by atoms with Crippen LogP contribution in [0.2, 0.25) is 0 Å². The van der Waals surface area contributed by atoms with Crippen molar-refractivity contribution in [1.29, 1.82) is 0 Å². The van der Waals surface area contributed by atoms with Gasteiger partial charge in [0.1, 0.15) is 12.7 Å². The molecular formula is C2H4NOS. The minimum Gasteiger partial charge on any atom is -0.398 e. The Morgan fingerprint density at radius 2 is 2.60 bits per heavy atom. The highest BCUT2D eigenvalue weighted by Crippen LogP contribution is 1.63. The van der Waals surface area contributed by atoms with Crippen LogP contribution in [0.4, 0.5) is 0 Å². The van der Waals surface area contributed by atoms with Gasteiger partial charge >= 0.3 is 0 Å². The highest BCUT2D eigenvalue weighted by molar-refractivity contribution is 7.94. The maximum absolute atomic E-state index is 4.23. The fourth-order valence-electron chi connectivity index (χ4n) is 0.0430. The van der Waals surface area contributed by atoms with E-state index < -0.39 is 0 Å². The lowest BCUT2D eigenvalue weighted by molar-refractivity contribution is 0.216. The molecule has 0 unspecified atom stereocenters. The number of rotatable bonds is 1. The van der Waals surface area contributed by atoms with Crippen molar-refractivity contribution in [2.24, 2.45) is 5.16 Å². The second kappa shape index (κ2) is 3.69. The fraction of sp³-hybridized carbons (Fsp3) is 0.500. The maximum Gasteiger partial charge on any atom is 0.129 e. The van der Waals surface area contributed by atoms with Gasteiger partial charge in [-0.2, -0.15) is 0 Å². The third kappa shape index (κ3) is 3.69. The van der Waals surface area contributed by atoms with Gasteiger partial charge in [0.2, 0.25) is 0 Å². The third-order valence-electron chi connectivity index (χ3n) is 0.148. The van der Waals surface area contributed by atoms with Crippen molar-refractivity contribution in [2.45, 2.75) is 0 Å². The standard InChI is InChI=1S/C2H4NOS/c1-4-3-2-5/h2H,1H3. The normalized spacial score (nSPS) is 9.00. The Labute approximate surface area is 36.2 Å². The van der Waals surface area contributed by atoms with Crippen LogP contribution in [-0.4, -0.2) is 12.7 Å². The van der Waals surface area contributed by atoms with Gasteiger partial charge in [0.15, 0.2) is 0 Å². The van der Waals surface area contributed by atoms with E-state index in [0.29, 0.717) is 0 Å². The van der Waals surface area contributed by atoms with Gasteiger partial charge < -0.3 is 4.84 Å². The second-order valence-electron chi connectivity index (χ2n) is 0.393. The predicted molar refractivity (Wildman–Crippen MR) is 23.1 cm³/mol. The summed E-state index contributed by atoms with van der Waals surface area (Å²) < 4.78 is 0. The molecule has 1 radical (unpaired) electrons. The lowest BCUT2D eigenvalue weighted by Gasteiger charge is -1.74. The van der Waals surface area contributed by atoms with E-state index in [1.54, 1.807) is 0 Å². The molecule has 0 spiro atoms. The van der Waals surface area contributed by atoms with Crippen LogP contribution in [0.15, 0.2) is 5.16 Å². The summed E-state index contributed by atoms with van der Waals surface area (Å²) in [4.78, 5) is 4.16. The van der Waals surface area contributed by atoms with Gasteiger partial charge in [0.05, 0.1) is 0 Å². The number of oxime groups is 1. The molecule has 0 aliphatic carbocycles. The molecule has 0 heterocycles. The SMILES string of the molecule is CON=C[S]. The van der Waals surface area contributed by atoms with E-state index in [2.05, 4.69) is 22.6 Å². The fourth-order valence-corrected chi connectivity index (χ4v) is 0.129. The number of hydrogen-bond acceptors (Lipinski definition) is 2. The Morgan fingerprint density at radius 1 is 2.00 bits per heavy atom. The minimum absolute atomic E-state index is 1.17. The molecule has 0 aliphatic rings. The predicted octanol–water partition coefficient (Wildman–Crippen LogP) is 0.774. The molecule has 0 rings (SSSR count). The summed E-state index contributed by atoms with van der Waals surface area (Å²) in [5.74, 6) is 0. The summed E-state index contributed by atoms with van der Waals surface area (Å²) >= 11 is 4.23. The summed E-state index contributed by atoms with van der Waals surface area (Å²) in [6.45, 7) is 0. The van der Waals surface area contributed by atoms with E-state index in [1.165, 1.54) is 12.7 Å². The molecule has 0 aromatic carbocycles. The van der Waals surface area contributed by atoms with E-state index in [0.717, 1.165) is 0 Å². The minimum atomic E-state index is 1.17. The molecule has 0 N–H and O–H groups in total. The molecule has 0 atom stereocenters. The maximum atomic E-state index is 4.23. The van der Waals surface area contributed by atoms with E-state index in [9.17, 15) is 0 Å². The van der Waals surface area contributed by atoms with Crippen molar-refractivity contribution in [3.63, 3.8) is 0 Å². The quantitative estimate of drug-likeness (QED) is 0.265. The average Bonchev–Trinajstić information content (AvgIpc) is 1.41. The van der Waals surface area contributed by atoms with E-state index in [1.807, 2.05) is 0 Å². The summed E-state index contributed by atoms with van der Waals surface area (Å²) in [5, 5.41) is 3.16. The van der Waals surface area contributed by atoms with Crippen molar-refractivity contribution >= 4 is 18.2 Å². The molecule has 0 aromatic heterocycles. The van der Waals surface area contributed by atoms with Gasteiger partial charge in [-0.25, -0.2) is 0 Å². The Bertz CT molecular complexity index is 36.6. The average molecular weight is 90.1 g/mol. The molecular weight excluding hydrogens is 86.1 g/mol. The first kappa shape index (κ1) is 4.69. The molecule has 5 heavy (non-hydrogen) atoms. The highest BCUT2D eigenvalue weighted by Gasteiger charge is 1.49. The Balaban J connectivity index is 2.62. The van der Waals surface area contributed by atoms with Crippen LogP contribution in [0.25, 0.3) is 0 Å². The third-order valence-corrected chi connectivity index (χ3v) is 0.235. The first-order valence-corrected chi connectivity index (χ1v) is 1.56.